The molecule has 1 amide bonds. The molecule has 2 rings (SSSR count). The Morgan fingerprint density at radius 2 is 2.12 bits per heavy atom. The summed E-state index contributed by atoms with van der Waals surface area (Å²) in [4.78, 5) is 16.2. The molecule has 1 aromatic heterocycles. The first kappa shape index (κ1) is 11.6. The molecule has 0 fully saturated rings. The molecule has 17 heavy (non-hydrogen) atoms. The van der Waals surface area contributed by atoms with Crippen molar-refractivity contribution >= 4 is 22.9 Å². The van der Waals surface area contributed by atoms with Crippen molar-refractivity contribution in [3.63, 3.8) is 0 Å². The van der Waals surface area contributed by atoms with Crippen LogP contribution < -0.4 is 11.1 Å². The monoisotopic (exact) mass is 247 g/mol. The molecule has 3 N–H and O–H groups in total. The van der Waals surface area contributed by atoms with Crippen molar-refractivity contribution in [1.82, 2.24) is 4.98 Å². The Morgan fingerprint density at radius 1 is 1.41 bits per heavy atom. The van der Waals surface area contributed by atoms with Gasteiger partial charge in [-0.2, -0.15) is 0 Å². The van der Waals surface area contributed by atoms with E-state index in [4.69, 9.17) is 5.73 Å². The van der Waals surface area contributed by atoms with Crippen LogP contribution in [0, 0.1) is 6.92 Å². The maximum Gasteiger partial charge on any atom is 0.245 e. The number of nitrogens with zero attached hydrogens (tertiary/aromatic N) is 1. The molecule has 0 saturated heterocycles. The largest absolute Gasteiger partial charge is 0.369 e. The van der Waals surface area contributed by atoms with Gasteiger partial charge in [-0.25, -0.2) is 0 Å². The van der Waals surface area contributed by atoms with Gasteiger partial charge in [-0.3, -0.25) is 9.78 Å². The summed E-state index contributed by atoms with van der Waals surface area (Å²) in [6.07, 6.45) is 1.65. The number of nitrogens with one attached hydrogen (secondary N) is 1. The highest BCUT2D eigenvalue weighted by Crippen LogP contribution is 2.22. The van der Waals surface area contributed by atoms with Gasteiger partial charge in [0.05, 0.1) is 10.4 Å². The van der Waals surface area contributed by atoms with Gasteiger partial charge in [0.2, 0.25) is 5.91 Å². The number of thiazole rings is 1. The van der Waals surface area contributed by atoms with E-state index in [1.54, 1.807) is 11.7 Å². The number of nitrogens with two attached hydrogens (primary N) is 1. The van der Waals surface area contributed by atoms with Gasteiger partial charge in [0.1, 0.15) is 6.04 Å². The lowest BCUT2D eigenvalue weighted by molar-refractivity contribution is -0.118. The maximum atomic E-state index is 11.4. The van der Waals surface area contributed by atoms with Crippen LogP contribution in [0.4, 0.5) is 5.69 Å². The number of anilines is 1. The van der Waals surface area contributed by atoms with Crippen LogP contribution in [0.25, 0.3) is 0 Å². The van der Waals surface area contributed by atoms with Crippen LogP contribution in [0.3, 0.4) is 0 Å². The van der Waals surface area contributed by atoms with E-state index < -0.39 is 11.9 Å². The first-order valence-electron chi connectivity index (χ1n) is 5.18. The topological polar surface area (TPSA) is 68.0 Å². The van der Waals surface area contributed by atoms with Crippen molar-refractivity contribution in [2.75, 3.05) is 5.32 Å². The SMILES string of the molecule is Cc1ccc(NC(C(N)=O)c2cncs2)cc1. The van der Waals surface area contributed by atoms with Crippen molar-refractivity contribution in [2.45, 2.75) is 13.0 Å². The van der Waals surface area contributed by atoms with E-state index in [-0.39, 0.29) is 0 Å². The number of benzene rings is 1. The average Bonchev–Trinajstić information content (AvgIpc) is 2.81. The lowest BCUT2D eigenvalue weighted by Gasteiger charge is -2.14. The number of amides is 1. The number of aromatic nitrogens is 1. The average molecular weight is 247 g/mol. The molecular formula is C12H13N3OS. The second-order valence-corrected chi connectivity index (χ2v) is 4.67. The summed E-state index contributed by atoms with van der Waals surface area (Å²) < 4.78 is 0. The van der Waals surface area contributed by atoms with E-state index in [1.165, 1.54) is 16.9 Å². The molecule has 4 nitrogen and oxygen atoms in total. The molecule has 88 valence electrons. The van der Waals surface area contributed by atoms with Crippen LogP contribution in [-0.4, -0.2) is 10.9 Å². The Hall–Kier alpha value is -1.88. The normalized spacial score (nSPS) is 12.1. The molecule has 1 heterocycles. The van der Waals surface area contributed by atoms with Gasteiger partial charge in [-0.05, 0) is 19.1 Å². The Balaban J connectivity index is 2.19. The van der Waals surface area contributed by atoms with Gasteiger partial charge < -0.3 is 11.1 Å². The molecule has 2 aromatic rings. The number of rotatable bonds is 4. The second-order valence-electron chi connectivity index (χ2n) is 3.75. The zero-order valence-corrected chi connectivity index (χ0v) is 10.2. The number of hydrogen-bond donors (Lipinski definition) is 2. The fraction of sp³-hybridized carbons (Fsp3) is 0.167. The van der Waals surface area contributed by atoms with E-state index in [1.807, 2.05) is 31.2 Å². The first-order chi connectivity index (χ1) is 8.16. The van der Waals surface area contributed by atoms with Crippen LogP contribution in [0.1, 0.15) is 16.5 Å². The zero-order valence-electron chi connectivity index (χ0n) is 9.38. The predicted molar refractivity (Wildman–Crippen MR) is 68.9 cm³/mol. The van der Waals surface area contributed by atoms with Crippen LogP contribution in [0.2, 0.25) is 0 Å². The second kappa shape index (κ2) is 4.97. The highest BCUT2D eigenvalue weighted by atomic mass is 32.1. The van der Waals surface area contributed by atoms with Crippen molar-refractivity contribution in [1.29, 1.82) is 0 Å². The summed E-state index contributed by atoms with van der Waals surface area (Å²) in [6, 6.07) is 7.28. The van der Waals surface area contributed by atoms with Crippen molar-refractivity contribution < 1.29 is 4.79 Å². The molecule has 0 spiro atoms. The molecule has 1 unspecified atom stereocenters. The third kappa shape index (κ3) is 2.82. The Morgan fingerprint density at radius 3 is 2.65 bits per heavy atom. The number of aryl methyl sites for hydroxylation is 1. The Labute approximate surface area is 103 Å². The summed E-state index contributed by atoms with van der Waals surface area (Å²) in [7, 11) is 0. The predicted octanol–water partition coefficient (Wildman–Crippen LogP) is 2.09. The van der Waals surface area contributed by atoms with Gasteiger partial charge in [0, 0.05) is 11.9 Å². The van der Waals surface area contributed by atoms with Crippen molar-refractivity contribution in [2.24, 2.45) is 5.73 Å². The molecule has 0 aliphatic heterocycles. The lowest BCUT2D eigenvalue weighted by atomic mass is 10.2. The fourth-order valence-corrected chi connectivity index (χ4v) is 2.14. The van der Waals surface area contributed by atoms with Crippen LogP contribution in [0.5, 0.6) is 0 Å². The highest BCUT2D eigenvalue weighted by molar-refractivity contribution is 7.09. The third-order valence-corrected chi connectivity index (χ3v) is 3.22. The van der Waals surface area contributed by atoms with Crippen molar-refractivity contribution in [3.8, 4) is 0 Å². The molecule has 0 aliphatic carbocycles. The zero-order chi connectivity index (χ0) is 12.3. The van der Waals surface area contributed by atoms with E-state index in [2.05, 4.69) is 10.3 Å². The first-order valence-corrected chi connectivity index (χ1v) is 6.05. The molecule has 0 saturated carbocycles. The number of primary amides is 1. The summed E-state index contributed by atoms with van der Waals surface area (Å²) in [6.45, 7) is 2.01. The fourth-order valence-electron chi connectivity index (χ4n) is 1.47. The summed E-state index contributed by atoms with van der Waals surface area (Å²) in [5, 5.41) is 3.10. The van der Waals surface area contributed by atoms with Crippen molar-refractivity contribution in [3.05, 3.63) is 46.4 Å². The molecule has 1 atom stereocenters. The minimum Gasteiger partial charge on any atom is -0.369 e. The van der Waals surface area contributed by atoms with E-state index in [0.717, 1.165) is 10.6 Å². The molecule has 1 aromatic carbocycles. The van der Waals surface area contributed by atoms with Crippen LogP contribution in [0.15, 0.2) is 36.0 Å². The van der Waals surface area contributed by atoms with E-state index in [9.17, 15) is 4.79 Å². The highest BCUT2D eigenvalue weighted by Gasteiger charge is 2.18. The molecule has 0 radical (unpaired) electrons. The van der Waals surface area contributed by atoms with E-state index >= 15 is 0 Å². The van der Waals surface area contributed by atoms with Gasteiger partial charge in [0.25, 0.3) is 0 Å². The van der Waals surface area contributed by atoms with Gasteiger partial charge in [-0.1, -0.05) is 17.7 Å². The summed E-state index contributed by atoms with van der Waals surface area (Å²) in [5.41, 5.74) is 9.10. The number of carbonyl (C=O) groups excluding carboxylic acids is 1. The van der Waals surface area contributed by atoms with Crippen LogP contribution in [-0.2, 0) is 4.79 Å². The minimum absolute atomic E-state index is 0.408. The van der Waals surface area contributed by atoms with Gasteiger partial charge in [-0.15, -0.1) is 11.3 Å². The molecule has 0 aliphatic rings. The number of carbonyl (C=O) groups is 1. The molecular weight excluding hydrogens is 234 g/mol. The Kier molecular flexibility index (Phi) is 3.39. The smallest absolute Gasteiger partial charge is 0.245 e. The number of hydrogen-bond acceptors (Lipinski definition) is 4. The van der Waals surface area contributed by atoms with E-state index in [0.29, 0.717) is 0 Å². The molecule has 5 heteroatoms. The summed E-state index contributed by atoms with van der Waals surface area (Å²) in [5.74, 6) is -0.408. The Bertz CT molecular complexity index is 493. The van der Waals surface area contributed by atoms with Gasteiger partial charge in [0.15, 0.2) is 0 Å². The third-order valence-electron chi connectivity index (χ3n) is 2.38. The van der Waals surface area contributed by atoms with Gasteiger partial charge >= 0.3 is 0 Å². The summed E-state index contributed by atoms with van der Waals surface area (Å²) >= 11 is 1.41. The lowest BCUT2D eigenvalue weighted by Crippen LogP contribution is -2.26. The molecule has 0 bridgehead atoms. The maximum absolute atomic E-state index is 11.4. The van der Waals surface area contributed by atoms with Crippen LogP contribution >= 0.6 is 11.3 Å². The quantitative estimate of drug-likeness (QED) is 0.869. The minimum atomic E-state index is -0.523. The standard InChI is InChI=1S/C12H13N3OS/c1-8-2-4-9(5-3-8)15-11(12(13)16)10-6-14-7-17-10/h2-7,11,15H,1H3,(H2,13,16).